The molecule has 2 heterocycles. The maximum atomic E-state index is 4.10. The SMILES string of the molecule is C=Cc1sc2cc(N(c3ccc(-c4ccccc4)cc3)c3cccc(-c4ccc5c(c4)c4ccccc4n5-c4ccc(-c5ccccc5)cc4)c3)ccc2c1C=C.CC. The number of nitrogens with zero attached hydrogens (tertiary/aromatic N) is 2. The lowest BCUT2D eigenvalue weighted by Crippen LogP contribution is -2.10. The Hall–Kier alpha value is -7.20. The van der Waals surface area contributed by atoms with Gasteiger partial charge in [-0.2, -0.15) is 0 Å². The van der Waals surface area contributed by atoms with Crippen molar-refractivity contribution in [2.24, 2.45) is 0 Å². The Morgan fingerprint density at radius 3 is 1.64 bits per heavy atom. The summed E-state index contributed by atoms with van der Waals surface area (Å²) in [6.07, 6.45) is 3.87. The van der Waals surface area contributed by atoms with Gasteiger partial charge in [-0.1, -0.05) is 167 Å². The first-order chi connectivity index (χ1) is 29.2. The zero-order valence-corrected chi connectivity index (χ0v) is 34.2. The van der Waals surface area contributed by atoms with E-state index in [2.05, 4.69) is 217 Å². The topological polar surface area (TPSA) is 8.17 Å². The maximum Gasteiger partial charge on any atom is 0.0541 e. The predicted molar refractivity (Wildman–Crippen MR) is 259 cm³/mol. The standard InChI is InChI=1S/C54H38N2S.C2H6/c1-3-47-49-32-31-46(36-54(49)57-53(47)4-2)55(43-27-22-39(23-28-43)37-14-7-5-8-15-37)45-19-13-18-41(34-45)42-26-33-52-50(35-42)48-20-11-12-21-51(48)56(52)44-29-24-40(25-30-44)38-16-9-6-10-17-38;1-2/h3-36H,1-2H2;1-2H3. The maximum absolute atomic E-state index is 4.10. The van der Waals surface area contributed by atoms with Crippen molar-refractivity contribution < 1.29 is 0 Å². The largest absolute Gasteiger partial charge is 0.310 e. The second-order valence-corrected chi connectivity index (χ2v) is 15.3. The quantitative estimate of drug-likeness (QED) is 0.142. The van der Waals surface area contributed by atoms with Gasteiger partial charge in [-0.3, -0.25) is 0 Å². The highest BCUT2D eigenvalue weighted by atomic mass is 32.1. The fraction of sp³-hybridized carbons (Fsp3) is 0.0357. The Morgan fingerprint density at radius 2 is 0.966 bits per heavy atom. The molecule has 0 saturated carbocycles. The van der Waals surface area contributed by atoms with Crippen LogP contribution in [-0.2, 0) is 0 Å². The molecule has 0 atom stereocenters. The summed E-state index contributed by atoms with van der Waals surface area (Å²) in [7, 11) is 0. The van der Waals surface area contributed by atoms with E-state index >= 15 is 0 Å². The zero-order valence-electron chi connectivity index (χ0n) is 33.3. The average Bonchev–Trinajstić information content (AvgIpc) is 3.85. The van der Waals surface area contributed by atoms with Crippen molar-refractivity contribution in [1.82, 2.24) is 4.57 Å². The molecule has 0 bridgehead atoms. The number of fused-ring (bicyclic) bond motifs is 4. The van der Waals surface area contributed by atoms with Gasteiger partial charge >= 0.3 is 0 Å². The minimum atomic E-state index is 1.09. The third kappa shape index (κ3) is 6.96. The van der Waals surface area contributed by atoms with Gasteiger partial charge in [0.25, 0.3) is 0 Å². The lowest BCUT2D eigenvalue weighted by atomic mass is 10.0. The van der Waals surface area contributed by atoms with Crippen LogP contribution in [0.2, 0.25) is 0 Å². The third-order valence-corrected chi connectivity index (χ3v) is 12.1. The van der Waals surface area contributed by atoms with Gasteiger partial charge in [0.2, 0.25) is 0 Å². The fourth-order valence-electron chi connectivity index (χ4n) is 8.19. The van der Waals surface area contributed by atoms with Gasteiger partial charge in [0.05, 0.1) is 11.0 Å². The van der Waals surface area contributed by atoms with Crippen LogP contribution >= 0.6 is 11.3 Å². The van der Waals surface area contributed by atoms with Crippen LogP contribution in [0.25, 0.3) is 83.1 Å². The molecular formula is C56H44N2S. The highest BCUT2D eigenvalue weighted by molar-refractivity contribution is 7.20. The van der Waals surface area contributed by atoms with Crippen molar-refractivity contribution >= 4 is 72.4 Å². The molecule has 10 aromatic rings. The van der Waals surface area contributed by atoms with Crippen LogP contribution in [0.3, 0.4) is 0 Å². The van der Waals surface area contributed by atoms with E-state index in [4.69, 9.17) is 0 Å². The second kappa shape index (κ2) is 16.3. The molecule has 0 saturated heterocycles. The number of hydrogen-bond donors (Lipinski definition) is 0. The number of para-hydroxylation sites is 1. The zero-order chi connectivity index (χ0) is 40.3. The molecule has 59 heavy (non-hydrogen) atoms. The predicted octanol–water partition coefficient (Wildman–Crippen LogP) is 16.8. The van der Waals surface area contributed by atoms with Gasteiger partial charge in [0.15, 0.2) is 0 Å². The minimum absolute atomic E-state index is 1.09. The lowest BCUT2D eigenvalue weighted by molar-refractivity contribution is 1.18. The van der Waals surface area contributed by atoms with Gasteiger partial charge in [-0.25, -0.2) is 0 Å². The summed E-state index contributed by atoms with van der Waals surface area (Å²) in [5.41, 5.74) is 15.1. The molecule has 0 aliphatic rings. The van der Waals surface area contributed by atoms with E-state index in [0.717, 1.165) is 38.8 Å². The molecule has 2 nitrogen and oxygen atoms in total. The average molecular weight is 777 g/mol. The van der Waals surface area contributed by atoms with Gasteiger partial charge < -0.3 is 9.47 Å². The van der Waals surface area contributed by atoms with E-state index in [9.17, 15) is 0 Å². The molecule has 0 fully saturated rings. The van der Waals surface area contributed by atoms with Crippen molar-refractivity contribution in [2.75, 3.05) is 4.90 Å². The summed E-state index contributed by atoms with van der Waals surface area (Å²) in [5, 5.41) is 3.66. The Morgan fingerprint density at radius 1 is 0.424 bits per heavy atom. The monoisotopic (exact) mass is 776 g/mol. The highest BCUT2D eigenvalue weighted by Crippen LogP contribution is 2.42. The van der Waals surface area contributed by atoms with Crippen molar-refractivity contribution in [3.8, 4) is 39.1 Å². The van der Waals surface area contributed by atoms with Crippen LogP contribution < -0.4 is 4.90 Å². The second-order valence-electron chi connectivity index (χ2n) is 14.3. The van der Waals surface area contributed by atoms with E-state index in [1.54, 1.807) is 11.3 Å². The summed E-state index contributed by atoms with van der Waals surface area (Å²) in [6, 6.07) is 70.2. The number of benzene rings is 8. The first-order valence-corrected chi connectivity index (χ1v) is 21.0. The van der Waals surface area contributed by atoms with Gasteiger partial charge in [-0.05, 0) is 106 Å². The molecule has 10 rings (SSSR count). The summed E-state index contributed by atoms with van der Waals surface area (Å²) in [4.78, 5) is 3.50. The number of thiophene rings is 1. The number of aromatic nitrogens is 1. The Labute approximate surface area is 350 Å². The minimum Gasteiger partial charge on any atom is -0.310 e. The molecular weight excluding hydrogens is 733 g/mol. The lowest BCUT2D eigenvalue weighted by Gasteiger charge is -2.26. The number of rotatable bonds is 9. The summed E-state index contributed by atoms with van der Waals surface area (Å²) < 4.78 is 3.59. The summed E-state index contributed by atoms with van der Waals surface area (Å²) in [6.45, 7) is 12.2. The van der Waals surface area contributed by atoms with E-state index in [1.165, 1.54) is 59.7 Å². The normalized spacial score (nSPS) is 11.0. The molecule has 0 radical (unpaired) electrons. The first kappa shape index (κ1) is 37.4. The third-order valence-electron chi connectivity index (χ3n) is 11.0. The molecule has 3 heteroatoms. The Bertz CT molecular complexity index is 3080. The fourth-order valence-corrected chi connectivity index (χ4v) is 9.29. The summed E-state index contributed by atoms with van der Waals surface area (Å²) in [5.74, 6) is 0. The molecule has 0 aliphatic heterocycles. The molecule has 0 N–H and O–H groups in total. The van der Waals surface area contributed by atoms with E-state index < -0.39 is 0 Å². The van der Waals surface area contributed by atoms with E-state index in [0.29, 0.717) is 0 Å². The van der Waals surface area contributed by atoms with Crippen LogP contribution in [0.1, 0.15) is 24.3 Å². The molecule has 284 valence electrons. The Balaban J connectivity index is 0.00000221. The molecule has 0 unspecified atom stereocenters. The van der Waals surface area contributed by atoms with E-state index in [-0.39, 0.29) is 0 Å². The number of hydrogen-bond acceptors (Lipinski definition) is 2. The van der Waals surface area contributed by atoms with Crippen molar-refractivity contribution in [3.05, 3.63) is 218 Å². The van der Waals surface area contributed by atoms with E-state index in [1.807, 2.05) is 26.0 Å². The highest BCUT2D eigenvalue weighted by Gasteiger charge is 2.18. The summed E-state index contributed by atoms with van der Waals surface area (Å²) >= 11 is 1.75. The van der Waals surface area contributed by atoms with Crippen molar-refractivity contribution in [3.63, 3.8) is 0 Å². The number of anilines is 3. The van der Waals surface area contributed by atoms with Gasteiger partial charge in [0.1, 0.15) is 0 Å². The van der Waals surface area contributed by atoms with Crippen molar-refractivity contribution in [1.29, 1.82) is 0 Å². The Kier molecular flexibility index (Phi) is 10.4. The van der Waals surface area contributed by atoms with Crippen LogP contribution in [0, 0.1) is 0 Å². The van der Waals surface area contributed by atoms with Crippen LogP contribution in [0.4, 0.5) is 17.1 Å². The van der Waals surface area contributed by atoms with Crippen LogP contribution in [0.15, 0.2) is 207 Å². The molecule has 0 amide bonds. The molecule has 0 spiro atoms. The van der Waals surface area contributed by atoms with Gasteiger partial charge in [0, 0.05) is 48.5 Å². The molecule has 0 aliphatic carbocycles. The van der Waals surface area contributed by atoms with Gasteiger partial charge in [-0.15, -0.1) is 11.3 Å². The van der Waals surface area contributed by atoms with Crippen LogP contribution in [0.5, 0.6) is 0 Å². The molecule has 8 aromatic carbocycles. The molecule has 2 aromatic heterocycles. The smallest absolute Gasteiger partial charge is 0.0541 e. The first-order valence-electron chi connectivity index (χ1n) is 20.2. The van der Waals surface area contributed by atoms with Crippen molar-refractivity contribution in [2.45, 2.75) is 13.8 Å². The van der Waals surface area contributed by atoms with Crippen LogP contribution in [-0.4, -0.2) is 4.57 Å².